The first-order chi connectivity index (χ1) is 7.25. The Morgan fingerprint density at radius 2 is 2.33 bits per heavy atom. The zero-order valence-corrected chi connectivity index (χ0v) is 8.67. The van der Waals surface area contributed by atoms with Crippen molar-refractivity contribution < 1.29 is 8.94 Å². The highest BCUT2D eigenvalue weighted by molar-refractivity contribution is 7.15. The Hall–Kier alpha value is -1.82. The highest BCUT2D eigenvalue weighted by Gasteiger charge is 2.15. The summed E-state index contributed by atoms with van der Waals surface area (Å²) in [6, 6.07) is 0. The van der Waals surface area contributed by atoms with Crippen molar-refractivity contribution in [1.82, 2.24) is 10.1 Å². The Morgan fingerprint density at radius 1 is 1.47 bits per heavy atom. The molecular formula is C9H7N3O2S. The van der Waals surface area contributed by atoms with Gasteiger partial charge in [0.15, 0.2) is 5.58 Å². The number of aromatic nitrogens is 2. The average molecular weight is 221 g/mol. The molecule has 0 aromatic carbocycles. The number of oxazole rings is 1. The van der Waals surface area contributed by atoms with Gasteiger partial charge >= 0.3 is 0 Å². The van der Waals surface area contributed by atoms with E-state index in [1.54, 1.807) is 0 Å². The molecule has 0 radical (unpaired) electrons. The molecule has 3 aromatic rings. The van der Waals surface area contributed by atoms with Crippen molar-refractivity contribution in [2.75, 3.05) is 5.73 Å². The zero-order chi connectivity index (χ0) is 10.4. The smallest absolute Gasteiger partial charge is 0.232 e. The van der Waals surface area contributed by atoms with E-state index in [0.29, 0.717) is 16.5 Å². The molecule has 0 saturated heterocycles. The standard InChI is InChI=1S/C9H7N3O2S/c1-4-5(2-13-12-4)9-11-6-3-15-8(10)7(6)14-9/h2-3H,10H2,1H3. The Balaban J connectivity index is 2.24. The number of nitrogen functional groups attached to an aromatic ring is 1. The minimum absolute atomic E-state index is 0.498. The van der Waals surface area contributed by atoms with E-state index in [4.69, 9.17) is 14.7 Å². The van der Waals surface area contributed by atoms with Crippen LogP contribution in [0.2, 0.25) is 0 Å². The number of thiophene rings is 1. The van der Waals surface area contributed by atoms with Gasteiger partial charge < -0.3 is 14.7 Å². The summed E-state index contributed by atoms with van der Waals surface area (Å²) in [5.41, 5.74) is 8.64. The quantitative estimate of drug-likeness (QED) is 0.682. The first kappa shape index (κ1) is 8.49. The number of hydrogen-bond acceptors (Lipinski definition) is 6. The number of nitrogens with zero attached hydrogens (tertiary/aromatic N) is 2. The maximum atomic E-state index is 5.73. The Kier molecular flexibility index (Phi) is 1.60. The van der Waals surface area contributed by atoms with Crippen LogP contribution in [0.4, 0.5) is 5.00 Å². The van der Waals surface area contributed by atoms with Crippen LogP contribution in [0, 0.1) is 6.92 Å². The largest absolute Gasteiger partial charge is 0.433 e. The summed E-state index contributed by atoms with van der Waals surface area (Å²) in [7, 11) is 0. The van der Waals surface area contributed by atoms with E-state index < -0.39 is 0 Å². The third-order valence-electron chi connectivity index (χ3n) is 2.16. The Bertz CT molecular complexity index is 622. The summed E-state index contributed by atoms with van der Waals surface area (Å²) < 4.78 is 10.4. The summed E-state index contributed by atoms with van der Waals surface area (Å²) in [5.74, 6) is 0.498. The molecule has 0 bridgehead atoms. The lowest BCUT2D eigenvalue weighted by Crippen LogP contribution is -1.78. The maximum Gasteiger partial charge on any atom is 0.232 e. The van der Waals surface area contributed by atoms with Crippen molar-refractivity contribution in [2.24, 2.45) is 0 Å². The number of nitrogens with two attached hydrogens (primary N) is 1. The van der Waals surface area contributed by atoms with Gasteiger partial charge in [-0.1, -0.05) is 5.16 Å². The third-order valence-corrected chi connectivity index (χ3v) is 2.94. The third kappa shape index (κ3) is 1.15. The van der Waals surface area contributed by atoms with Crippen LogP contribution in [-0.4, -0.2) is 10.1 Å². The minimum atomic E-state index is 0.498. The molecule has 2 N–H and O–H groups in total. The summed E-state index contributed by atoms with van der Waals surface area (Å²) >= 11 is 1.42. The fourth-order valence-corrected chi connectivity index (χ4v) is 2.03. The average Bonchev–Trinajstić information content (AvgIpc) is 2.84. The number of hydrogen-bond donors (Lipinski definition) is 1. The van der Waals surface area contributed by atoms with Crippen molar-refractivity contribution in [3.63, 3.8) is 0 Å². The van der Waals surface area contributed by atoms with Crippen molar-refractivity contribution in [3.8, 4) is 11.5 Å². The van der Waals surface area contributed by atoms with Crippen LogP contribution in [0.1, 0.15) is 5.69 Å². The predicted molar refractivity (Wildman–Crippen MR) is 56.5 cm³/mol. The van der Waals surface area contributed by atoms with E-state index in [2.05, 4.69) is 10.1 Å². The molecule has 76 valence electrons. The lowest BCUT2D eigenvalue weighted by atomic mass is 10.3. The second kappa shape index (κ2) is 2.83. The molecule has 0 atom stereocenters. The van der Waals surface area contributed by atoms with E-state index in [9.17, 15) is 0 Å². The SMILES string of the molecule is Cc1nocc1-c1nc2csc(N)c2o1. The number of aryl methyl sites for hydroxylation is 1. The summed E-state index contributed by atoms with van der Waals surface area (Å²) in [5, 5.41) is 6.26. The van der Waals surface area contributed by atoms with Crippen LogP contribution in [0.25, 0.3) is 22.6 Å². The van der Waals surface area contributed by atoms with Crippen molar-refractivity contribution in [1.29, 1.82) is 0 Å². The molecule has 0 aliphatic rings. The Morgan fingerprint density at radius 3 is 3.00 bits per heavy atom. The van der Waals surface area contributed by atoms with E-state index in [0.717, 1.165) is 16.8 Å². The van der Waals surface area contributed by atoms with Gasteiger partial charge in [0.05, 0.1) is 11.3 Å². The van der Waals surface area contributed by atoms with E-state index >= 15 is 0 Å². The topological polar surface area (TPSA) is 78.1 Å². The summed E-state index contributed by atoms with van der Waals surface area (Å²) in [4.78, 5) is 4.30. The monoisotopic (exact) mass is 221 g/mol. The summed E-state index contributed by atoms with van der Waals surface area (Å²) in [6.45, 7) is 1.83. The molecule has 0 saturated carbocycles. The van der Waals surface area contributed by atoms with Gasteiger partial charge in [0, 0.05) is 5.38 Å². The van der Waals surface area contributed by atoms with Gasteiger partial charge in [0.1, 0.15) is 16.8 Å². The normalized spacial score (nSPS) is 11.3. The fraction of sp³-hybridized carbons (Fsp3) is 0.111. The van der Waals surface area contributed by atoms with Crippen molar-refractivity contribution >= 4 is 27.4 Å². The van der Waals surface area contributed by atoms with Gasteiger partial charge in [-0.3, -0.25) is 0 Å². The van der Waals surface area contributed by atoms with Crippen LogP contribution < -0.4 is 5.73 Å². The molecule has 0 amide bonds. The molecule has 5 nitrogen and oxygen atoms in total. The zero-order valence-electron chi connectivity index (χ0n) is 7.85. The molecule has 0 aliphatic heterocycles. The van der Waals surface area contributed by atoms with E-state index in [1.165, 1.54) is 17.6 Å². The van der Waals surface area contributed by atoms with Crippen molar-refractivity contribution in [3.05, 3.63) is 17.3 Å². The van der Waals surface area contributed by atoms with E-state index in [1.807, 2.05) is 12.3 Å². The van der Waals surface area contributed by atoms with Crippen LogP contribution in [0.5, 0.6) is 0 Å². The molecule has 0 fully saturated rings. The molecule has 3 aromatic heterocycles. The van der Waals surface area contributed by atoms with Gasteiger partial charge in [0.25, 0.3) is 0 Å². The fourth-order valence-electron chi connectivity index (χ4n) is 1.37. The molecule has 0 aliphatic carbocycles. The van der Waals surface area contributed by atoms with Gasteiger partial charge in [-0.05, 0) is 6.92 Å². The number of fused-ring (bicyclic) bond motifs is 1. The second-order valence-electron chi connectivity index (χ2n) is 3.15. The van der Waals surface area contributed by atoms with Crippen LogP contribution in [-0.2, 0) is 0 Å². The van der Waals surface area contributed by atoms with Gasteiger partial charge in [-0.15, -0.1) is 11.3 Å². The minimum Gasteiger partial charge on any atom is -0.433 e. The van der Waals surface area contributed by atoms with Gasteiger partial charge in [0.2, 0.25) is 5.89 Å². The molecule has 0 unspecified atom stereocenters. The maximum absolute atomic E-state index is 5.73. The molecule has 3 heterocycles. The van der Waals surface area contributed by atoms with Crippen LogP contribution in [0.3, 0.4) is 0 Å². The molecular weight excluding hydrogens is 214 g/mol. The molecule has 0 spiro atoms. The Labute approximate surface area is 88.5 Å². The molecule has 6 heteroatoms. The molecule has 15 heavy (non-hydrogen) atoms. The molecule has 3 rings (SSSR count). The van der Waals surface area contributed by atoms with Gasteiger partial charge in [-0.25, -0.2) is 4.98 Å². The second-order valence-corrected chi connectivity index (χ2v) is 4.06. The highest BCUT2D eigenvalue weighted by atomic mass is 32.1. The highest BCUT2D eigenvalue weighted by Crippen LogP contribution is 2.32. The number of rotatable bonds is 1. The van der Waals surface area contributed by atoms with Crippen LogP contribution in [0.15, 0.2) is 20.6 Å². The lowest BCUT2D eigenvalue weighted by Gasteiger charge is -1.88. The predicted octanol–water partition coefficient (Wildman–Crippen LogP) is 2.43. The van der Waals surface area contributed by atoms with Crippen LogP contribution >= 0.6 is 11.3 Å². The van der Waals surface area contributed by atoms with Crippen molar-refractivity contribution in [2.45, 2.75) is 6.92 Å². The first-order valence-corrected chi connectivity index (χ1v) is 5.18. The van der Waals surface area contributed by atoms with Gasteiger partial charge in [-0.2, -0.15) is 0 Å². The first-order valence-electron chi connectivity index (χ1n) is 4.30. The van der Waals surface area contributed by atoms with E-state index in [-0.39, 0.29) is 0 Å². The number of anilines is 1. The summed E-state index contributed by atoms with van der Waals surface area (Å²) in [6.07, 6.45) is 1.51. The lowest BCUT2D eigenvalue weighted by molar-refractivity contribution is 0.415.